The molecule has 2 nitrogen and oxygen atoms in total. The maximum atomic E-state index is 5.64. The van der Waals surface area contributed by atoms with Gasteiger partial charge < -0.3 is 5.01 Å². The minimum atomic E-state index is 1.00. The van der Waals surface area contributed by atoms with Crippen molar-refractivity contribution in [3.8, 4) is 0 Å². The van der Waals surface area contributed by atoms with Gasteiger partial charge in [-0.3, -0.25) is 0 Å². The standard InChI is InChI=1S/C15H16N2/c1-17(16)15-11-9-14(10-12-15)8-7-13-5-3-2-4-6-13/h2-12H,16H2,1H3/b8-7+. The van der Waals surface area contributed by atoms with Crippen molar-refractivity contribution in [2.45, 2.75) is 0 Å². The summed E-state index contributed by atoms with van der Waals surface area (Å²) in [5.41, 5.74) is 3.37. The van der Waals surface area contributed by atoms with Crippen LogP contribution in [0.5, 0.6) is 0 Å². The molecule has 0 fully saturated rings. The first-order chi connectivity index (χ1) is 8.25. The number of hydrazine groups is 1. The molecule has 2 rings (SSSR count). The maximum Gasteiger partial charge on any atom is 0.0514 e. The molecule has 0 atom stereocenters. The quantitative estimate of drug-likeness (QED) is 0.493. The van der Waals surface area contributed by atoms with E-state index < -0.39 is 0 Å². The summed E-state index contributed by atoms with van der Waals surface area (Å²) in [6.07, 6.45) is 4.19. The molecule has 0 aliphatic carbocycles. The molecule has 0 unspecified atom stereocenters. The lowest BCUT2D eigenvalue weighted by molar-refractivity contribution is 1.02. The fourth-order valence-corrected chi connectivity index (χ4v) is 1.58. The smallest absolute Gasteiger partial charge is 0.0514 e. The summed E-state index contributed by atoms with van der Waals surface area (Å²) in [4.78, 5) is 0. The van der Waals surface area contributed by atoms with Crippen LogP contribution in [0.4, 0.5) is 5.69 Å². The van der Waals surface area contributed by atoms with Crippen LogP contribution < -0.4 is 10.9 Å². The minimum Gasteiger partial charge on any atom is -0.314 e. The monoisotopic (exact) mass is 224 g/mol. The van der Waals surface area contributed by atoms with Gasteiger partial charge in [0.1, 0.15) is 0 Å². The highest BCUT2D eigenvalue weighted by Gasteiger charge is 1.93. The van der Waals surface area contributed by atoms with Crippen LogP contribution in [0.3, 0.4) is 0 Å². The third-order valence-corrected chi connectivity index (χ3v) is 2.57. The zero-order valence-corrected chi connectivity index (χ0v) is 9.88. The normalized spacial score (nSPS) is 10.7. The molecule has 2 aromatic rings. The molecule has 0 amide bonds. The molecule has 0 aliphatic heterocycles. The van der Waals surface area contributed by atoms with Gasteiger partial charge in [-0.25, -0.2) is 5.84 Å². The second-order valence-electron chi connectivity index (χ2n) is 3.95. The number of anilines is 1. The summed E-state index contributed by atoms with van der Waals surface area (Å²) in [5.74, 6) is 5.64. The zero-order valence-electron chi connectivity index (χ0n) is 9.88. The van der Waals surface area contributed by atoms with Gasteiger partial charge >= 0.3 is 0 Å². The Bertz CT molecular complexity index is 484. The molecule has 2 heteroatoms. The number of nitrogens with zero attached hydrogens (tertiary/aromatic N) is 1. The first-order valence-corrected chi connectivity index (χ1v) is 5.57. The molecule has 0 aliphatic rings. The topological polar surface area (TPSA) is 29.3 Å². The predicted molar refractivity (Wildman–Crippen MR) is 74.4 cm³/mol. The van der Waals surface area contributed by atoms with Crippen molar-refractivity contribution in [1.29, 1.82) is 0 Å². The van der Waals surface area contributed by atoms with Crippen LogP contribution >= 0.6 is 0 Å². The lowest BCUT2D eigenvalue weighted by Gasteiger charge is -2.11. The fourth-order valence-electron chi connectivity index (χ4n) is 1.58. The van der Waals surface area contributed by atoms with Crippen LogP contribution in [-0.4, -0.2) is 7.05 Å². The van der Waals surface area contributed by atoms with Crippen molar-refractivity contribution in [1.82, 2.24) is 0 Å². The van der Waals surface area contributed by atoms with Crippen molar-refractivity contribution < 1.29 is 0 Å². The van der Waals surface area contributed by atoms with Crippen molar-refractivity contribution in [3.63, 3.8) is 0 Å². The van der Waals surface area contributed by atoms with E-state index in [-0.39, 0.29) is 0 Å². The molecule has 0 radical (unpaired) electrons. The SMILES string of the molecule is CN(N)c1ccc(/C=C/c2ccccc2)cc1. The van der Waals surface area contributed by atoms with Crippen LogP contribution in [0.15, 0.2) is 54.6 Å². The van der Waals surface area contributed by atoms with Crippen molar-refractivity contribution in [3.05, 3.63) is 65.7 Å². The molecule has 0 aromatic heterocycles. The fraction of sp³-hybridized carbons (Fsp3) is 0.0667. The summed E-state index contributed by atoms with van der Waals surface area (Å²) in [6, 6.07) is 18.4. The predicted octanol–water partition coefficient (Wildman–Crippen LogP) is 3.17. The van der Waals surface area contributed by atoms with Crippen molar-refractivity contribution in [2.24, 2.45) is 5.84 Å². The van der Waals surface area contributed by atoms with Crippen LogP contribution in [0, 0.1) is 0 Å². The Morgan fingerprint density at radius 2 is 1.35 bits per heavy atom. The summed E-state index contributed by atoms with van der Waals surface area (Å²) in [5, 5.41) is 1.60. The highest BCUT2D eigenvalue weighted by atomic mass is 15.4. The van der Waals surface area contributed by atoms with E-state index in [1.54, 1.807) is 5.01 Å². The molecule has 2 N–H and O–H groups in total. The lowest BCUT2D eigenvalue weighted by Crippen LogP contribution is -2.24. The van der Waals surface area contributed by atoms with Gasteiger partial charge in [-0.05, 0) is 23.3 Å². The number of benzene rings is 2. The van der Waals surface area contributed by atoms with E-state index in [1.807, 2.05) is 37.4 Å². The minimum absolute atomic E-state index is 1.00. The van der Waals surface area contributed by atoms with Crippen LogP contribution in [-0.2, 0) is 0 Å². The Hall–Kier alpha value is -2.06. The molecule has 2 aromatic carbocycles. The summed E-state index contributed by atoms with van der Waals surface area (Å²) < 4.78 is 0. The van der Waals surface area contributed by atoms with E-state index in [1.165, 1.54) is 11.1 Å². The van der Waals surface area contributed by atoms with Gasteiger partial charge in [0.25, 0.3) is 0 Å². The second kappa shape index (κ2) is 5.32. The average molecular weight is 224 g/mol. The molecule has 86 valence electrons. The van der Waals surface area contributed by atoms with E-state index in [2.05, 4.69) is 36.4 Å². The highest BCUT2D eigenvalue weighted by Crippen LogP contribution is 2.13. The van der Waals surface area contributed by atoms with Crippen molar-refractivity contribution in [2.75, 3.05) is 12.1 Å². The average Bonchev–Trinajstić information content (AvgIpc) is 2.38. The van der Waals surface area contributed by atoms with Crippen LogP contribution in [0.2, 0.25) is 0 Å². The largest absolute Gasteiger partial charge is 0.314 e. The van der Waals surface area contributed by atoms with E-state index in [0.717, 1.165) is 5.69 Å². The lowest BCUT2D eigenvalue weighted by atomic mass is 10.1. The van der Waals surface area contributed by atoms with Crippen LogP contribution in [0.25, 0.3) is 12.2 Å². The molecule has 0 saturated heterocycles. The van der Waals surface area contributed by atoms with Gasteiger partial charge in [0.2, 0.25) is 0 Å². The van der Waals surface area contributed by atoms with Gasteiger partial charge in [-0.15, -0.1) is 0 Å². The number of hydrogen-bond acceptors (Lipinski definition) is 2. The first-order valence-electron chi connectivity index (χ1n) is 5.57. The maximum absolute atomic E-state index is 5.64. The molecular weight excluding hydrogens is 208 g/mol. The first kappa shape index (κ1) is 11.4. The van der Waals surface area contributed by atoms with E-state index in [4.69, 9.17) is 5.84 Å². The van der Waals surface area contributed by atoms with Gasteiger partial charge in [0.15, 0.2) is 0 Å². The van der Waals surface area contributed by atoms with Crippen LogP contribution in [0.1, 0.15) is 11.1 Å². The molecule has 17 heavy (non-hydrogen) atoms. The van der Waals surface area contributed by atoms with Crippen molar-refractivity contribution >= 4 is 17.8 Å². The zero-order chi connectivity index (χ0) is 12.1. The number of nitrogens with two attached hydrogens (primary N) is 1. The third-order valence-electron chi connectivity index (χ3n) is 2.57. The Morgan fingerprint density at radius 1 is 0.824 bits per heavy atom. The van der Waals surface area contributed by atoms with Gasteiger partial charge in [0.05, 0.1) is 5.69 Å². The summed E-state index contributed by atoms with van der Waals surface area (Å²) >= 11 is 0. The molecule has 0 bridgehead atoms. The molecule has 0 saturated carbocycles. The molecule has 0 heterocycles. The highest BCUT2D eigenvalue weighted by molar-refractivity contribution is 5.70. The van der Waals surface area contributed by atoms with Gasteiger partial charge in [0, 0.05) is 7.05 Å². The summed E-state index contributed by atoms with van der Waals surface area (Å²) in [6.45, 7) is 0. The Morgan fingerprint density at radius 3 is 1.88 bits per heavy atom. The second-order valence-corrected chi connectivity index (χ2v) is 3.95. The Balaban J connectivity index is 2.12. The van der Waals surface area contributed by atoms with E-state index in [9.17, 15) is 0 Å². The Labute approximate surface area is 102 Å². The molecule has 0 spiro atoms. The van der Waals surface area contributed by atoms with Gasteiger partial charge in [-0.1, -0.05) is 54.6 Å². The Kier molecular flexibility index (Phi) is 3.58. The number of rotatable bonds is 3. The number of hydrogen-bond donors (Lipinski definition) is 1. The summed E-state index contributed by atoms with van der Waals surface area (Å²) in [7, 11) is 1.83. The van der Waals surface area contributed by atoms with Gasteiger partial charge in [-0.2, -0.15) is 0 Å². The van der Waals surface area contributed by atoms with E-state index >= 15 is 0 Å². The molecular formula is C15H16N2. The van der Waals surface area contributed by atoms with E-state index in [0.29, 0.717) is 0 Å². The third kappa shape index (κ3) is 3.20.